The molecule has 31 heavy (non-hydrogen) atoms. The van der Waals surface area contributed by atoms with Crippen molar-refractivity contribution in [2.75, 3.05) is 0 Å². The van der Waals surface area contributed by atoms with E-state index in [1.807, 2.05) is 24.3 Å². The SMILES string of the molecule is CC(C)c1cccc(-c2nc(-c3cc(CCC(=O)C4(F)CC4)ccc3Cl)[nH]c(=O)n2)c1. The number of benzene rings is 2. The number of aromatic amines is 1. The third-order valence-electron chi connectivity index (χ3n) is 5.58. The van der Waals surface area contributed by atoms with Crippen molar-refractivity contribution >= 4 is 17.4 Å². The van der Waals surface area contributed by atoms with Gasteiger partial charge in [0.05, 0.1) is 5.02 Å². The van der Waals surface area contributed by atoms with E-state index in [0.717, 1.165) is 16.7 Å². The van der Waals surface area contributed by atoms with Crippen molar-refractivity contribution in [2.24, 2.45) is 0 Å². The highest BCUT2D eigenvalue weighted by Gasteiger charge is 2.49. The van der Waals surface area contributed by atoms with Crippen LogP contribution in [0, 0.1) is 0 Å². The monoisotopic (exact) mass is 439 g/mol. The number of halogens is 2. The summed E-state index contributed by atoms with van der Waals surface area (Å²) >= 11 is 6.38. The van der Waals surface area contributed by atoms with Crippen LogP contribution in [0.3, 0.4) is 0 Å². The van der Waals surface area contributed by atoms with E-state index in [-0.39, 0.29) is 12.2 Å². The minimum absolute atomic E-state index is 0.130. The number of Topliss-reactive ketones (excluding diaryl/α,β-unsaturated/α-hetero) is 1. The molecule has 7 heteroatoms. The van der Waals surface area contributed by atoms with Gasteiger partial charge in [-0.3, -0.25) is 9.78 Å². The van der Waals surface area contributed by atoms with Gasteiger partial charge in [-0.1, -0.05) is 49.7 Å². The molecule has 0 radical (unpaired) electrons. The molecule has 0 unspecified atom stereocenters. The third-order valence-corrected chi connectivity index (χ3v) is 5.91. The van der Waals surface area contributed by atoms with Crippen LogP contribution in [0.5, 0.6) is 0 Å². The molecule has 0 aliphatic heterocycles. The van der Waals surface area contributed by atoms with Crippen LogP contribution in [0.15, 0.2) is 47.3 Å². The van der Waals surface area contributed by atoms with Gasteiger partial charge in [0.15, 0.2) is 17.3 Å². The first-order chi connectivity index (χ1) is 14.7. The fourth-order valence-electron chi connectivity index (χ4n) is 3.46. The van der Waals surface area contributed by atoms with Crippen molar-refractivity contribution in [3.05, 3.63) is 69.1 Å². The Morgan fingerprint density at radius 3 is 2.68 bits per heavy atom. The van der Waals surface area contributed by atoms with Gasteiger partial charge in [0.2, 0.25) is 0 Å². The molecule has 0 saturated heterocycles. The molecule has 1 fully saturated rings. The number of nitrogens with zero attached hydrogens (tertiary/aromatic N) is 2. The van der Waals surface area contributed by atoms with Crippen LogP contribution in [0.2, 0.25) is 5.02 Å². The van der Waals surface area contributed by atoms with E-state index in [0.29, 0.717) is 47.4 Å². The molecule has 1 saturated carbocycles. The van der Waals surface area contributed by atoms with Crippen LogP contribution in [-0.2, 0) is 11.2 Å². The summed E-state index contributed by atoms with van der Waals surface area (Å²) in [5, 5.41) is 0.412. The van der Waals surface area contributed by atoms with Gasteiger partial charge in [0.25, 0.3) is 0 Å². The predicted molar refractivity (Wildman–Crippen MR) is 119 cm³/mol. The Hall–Kier alpha value is -2.86. The lowest BCUT2D eigenvalue weighted by Crippen LogP contribution is -2.17. The lowest BCUT2D eigenvalue weighted by atomic mass is 10.0. The van der Waals surface area contributed by atoms with E-state index in [1.54, 1.807) is 18.2 Å². The minimum Gasteiger partial charge on any atom is -0.296 e. The maximum absolute atomic E-state index is 13.9. The number of nitrogens with one attached hydrogen (secondary N) is 1. The zero-order chi connectivity index (χ0) is 22.2. The second kappa shape index (κ2) is 8.35. The van der Waals surface area contributed by atoms with Crippen LogP contribution in [0.4, 0.5) is 4.39 Å². The molecule has 0 atom stereocenters. The first kappa shape index (κ1) is 21.4. The summed E-state index contributed by atoms with van der Waals surface area (Å²) in [7, 11) is 0. The first-order valence-electron chi connectivity index (χ1n) is 10.3. The van der Waals surface area contributed by atoms with Crippen molar-refractivity contribution in [1.82, 2.24) is 15.0 Å². The lowest BCUT2D eigenvalue weighted by molar-refractivity contribution is -0.125. The molecule has 3 aromatic rings. The highest BCUT2D eigenvalue weighted by atomic mass is 35.5. The van der Waals surface area contributed by atoms with Crippen LogP contribution in [0.25, 0.3) is 22.8 Å². The smallest absolute Gasteiger partial charge is 0.296 e. The van der Waals surface area contributed by atoms with E-state index >= 15 is 0 Å². The topological polar surface area (TPSA) is 75.7 Å². The molecule has 4 rings (SSSR count). The maximum atomic E-state index is 13.9. The number of H-pyrrole nitrogens is 1. The largest absolute Gasteiger partial charge is 0.348 e. The van der Waals surface area contributed by atoms with Crippen LogP contribution < -0.4 is 5.69 Å². The Morgan fingerprint density at radius 1 is 1.19 bits per heavy atom. The van der Waals surface area contributed by atoms with Crippen LogP contribution >= 0.6 is 11.6 Å². The van der Waals surface area contributed by atoms with Gasteiger partial charge in [-0.25, -0.2) is 14.2 Å². The summed E-state index contributed by atoms with van der Waals surface area (Å²) in [4.78, 5) is 35.5. The van der Waals surface area contributed by atoms with Crippen LogP contribution in [0.1, 0.15) is 50.2 Å². The van der Waals surface area contributed by atoms with Gasteiger partial charge in [-0.2, -0.15) is 4.98 Å². The van der Waals surface area contributed by atoms with E-state index in [4.69, 9.17) is 11.6 Å². The Bertz CT molecular complexity index is 1200. The quantitative estimate of drug-likeness (QED) is 0.543. The number of alkyl halides is 1. The number of aromatic nitrogens is 3. The van der Waals surface area contributed by atoms with Crippen molar-refractivity contribution < 1.29 is 9.18 Å². The average molecular weight is 440 g/mol. The van der Waals surface area contributed by atoms with Gasteiger partial charge in [-0.15, -0.1) is 0 Å². The average Bonchev–Trinajstić information content (AvgIpc) is 3.51. The van der Waals surface area contributed by atoms with Crippen LogP contribution in [-0.4, -0.2) is 26.4 Å². The predicted octanol–water partition coefficient (Wildman–Crippen LogP) is 5.28. The molecule has 0 bridgehead atoms. The summed E-state index contributed by atoms with van der Waals surface area (Å²) in [5.74, 6) is 0.583. The molecule has 0 spiro atoms. The standard InChI is InChI=1S/C24H23ClFN3O2/c1-14(2)16-4-3-5-17(13-16)21-27-22(29-23(31)28-21)18-12-15(6-8-19(18)25)7-9-20(30)24(26)10-11-24/h3-6,8,12-14H,7,9-11H2,1-2H3,(H,27,28,29,31). The maximum Gasteiger partial charge on any atom is 0.348 e. The van der Waals surface area contributed by atoms with Crippen molar-refractivity contribution in [3.63, 3.8) is 0 Å². The summed E-state index contributed by atoms with van der Waals surface area (Å²) in [6.07, 6.45) is 1.17. The highest BCUT2D eigenvalue weighted by molar-refractivity contribution is 6.33. The third kappa shape index (κ3) is 4.74. The highest BCUT2D eigenvalue weighted by Crippen LogP contribution is 2.41. The van der Waals surface area contributed by atoms with Gasteiger partial charge in [-0.05, 0) is 54.5 Å². The Labute approximate surface area is 184 Å². The van der Waals surface area contributed by atoms with Gasteiger partial charge in [0.1, 0.15) is 5.82 Å². The molecule has 2 aromatic carbocycles. The first-order valence-corrected chi connectivity index (χ1v) is 10.7. The molecule has 0 amide bonds. The van der Waals surface area contributed by atoms with Gasteiger partial charge in [0, 0.05) is 17.5 Å². The van der Waals surface area contributed by atoms with Crippen molar-refractivity contribution in [1.29, 1.82) is 0 Å². The van der Waals surface area contributed by atoms with E-state index in [2.05, 4.69) is 28.8 Å². The fourth-order valence-corrected chi connectivity index (χ4v) is 3.66. The second-order valence-corrected chi connectivity index (χ2v) is 8.72. The van der Waals surface area contributed by atoms with Crippen molar-refractivity contribution in [3.8, 4) is 22.8 Å². The number of rotatable bonds is 7. The van der Waals surface area contributed by atoms with E-state index in [1.165, 1.54) is 0 Å². The van der Waals surface area contributed by atoms with E-state index < -0.39 is 11.4 Å². The zero-order valence-corrected chi connectivity index (χ0v) is 18.2. The Morgan fingerprint density at radius 2 is 1.97 bits per heavy atom. The molecule has 1 aliphatic carbocycles. The number of carbonyl (C=O) groups excluding carboxylic acids is 1. The molecule has 160 valence electrons. The number of hydrogen-bond acceptors (Lipinski definition) is 4. The molecule has 5 nitrogen and oxygen atoms in total. The molecule has 1 aromatic heterocycles. The number of carbonyl (C=O) groups is 1. The summed E-state index contributed by atoms with van der Waals surface area (Å²) in [5.41, 5.74) is 1.07. The molecular formula is C24H23ClFN3O2. The van der Waals surface area contributed by atoms with E-state index in [9.17, 15) is 14.0 Å². The second-order valence-electron chi connectivity index (χ2n) is 8.31. The summed E-state index contributed by atoms with van der Waals surface area (Å²) in [6, 6.07) is 13.0. The van der Waals surface area contributed by atoms with Crippen molar-refractivity contribution in [2.45, 2.75) is 51.1 Å². The lowest BCUT2D eigenvalue weighted by Gasteiger charge is -2.10. The number of ketones is 1. The molecule has 1 N–H and O–H groups in total. The number of hydrogen-bond donors (Lipinski definition) is 1. The Kier molecular flexibility index (Phi) is 5.75. The molecule has 1 heterocycles. The zero-order valence-electron chi connectivity index (χ0n) is 17.4. The summed E-state index contributed by atoms with van der Waals surface area (Å²) in [6.45, 7) is 4.18. The molecule has 1 aliphatic rings. The molecular weight excluding hydrogens is 417 g/mol. The minimum atomic E-state index is -1.62. The summed E-state index contributed by atoms with van der Waals surface area (Å²) < 4.78 is 13.9. The van der Waals surface area contributed by atoms with Gasteiger partial charge >= 0.3 is 5.69 Å². The number of aryl methyl sites for hydroxylation is 1. The van der Waals surface area contributed by atoms with Gasteiger partial charge < -0.3 is 0 Å². The Balaban J connectivity index is 1.65. The normalized spacial score (nSPS) is 14.6. The fraction of sp³-hybridized carbons (Fsp3) is 0.333.